The van der Waals surface area contributed by atoms with Gasteiger partial charge < -0.3 is 10.1 Å². The standard InChI is InChI=1S/C21H27N3O4S/c1-2-23-29(26,27)18-8-6-17(7-9-18)19(15-16-10-13-28-14-11-16)21(25)24-20-5-3-4-12-22-20/h3-9,12,16,19,23H,2,10-11,13-15H2,1H3,(H,22,24,25)/t19-/m1/s1. The zero-order chi connectivity index (χ0) is 20.7. The second-order valence-electron chi connectivity index (χ2n) is 7.12. The molecule has 3 rings (SSSR count). The number of aromatic nitrogens is 1. The summed E-state index contributed by atoms with van der Waals surface area (Å²) in [4.78, 5) is 17.4. The lowest BCUT2D eigenvalue weighted by Crippen LogP contribution is -2.26. The van der Waals surface area contributed by atoms with E-state index in [9.17, 15) is 13.2 Å². The Morgan fingerprint density at radius 1 is 1.17 bits per heavy atom. The number of rotatable bonds is 8. The van der Waals surface area contributed by atoms with Gasteiger partial charge in [-0.2, -0.15) is 0 Å². The maximum absolute atomic E-state index is 13.1. The molecule has 2 aromatic rings. The third kappa shape index (κ3) is 5.85. The fraction of sp³-hybridized carbons (Fsp3) is 0.429. The first-order valence-corrected chi connectivity index (χ1v) is 11.4. The van der Waals surface area contributed by atoms with E-state index >= 15 is 0 Å². The molecule has 0 unspecified atom stereocenters. The Hall–Kier alpha value is -2.29. The van der Waals surface area contributed by atoms with Crippen molar-refractivity contribution in [2.24, 2.45) is 5.92 Å². The van der Waals surface area contributed by atoms with Crippen molar-refractivity contribution in [3.63, 3.8) is 0 Å². The van der Waals surface area contributed by atoms with Gasteiger partial charge in [0, 0.05) is 26.0 Å². The van der Waals surface area contributed by atoms with E-state index in [4.69, 9.17) is 4.74 Å². The van der Waals surface area contributed by atoms with E-state index in [1.54, 1.807) is 49.5 Å². The van der Waals surface area contributed by atoms with Crippen LogP contribution in [0.4, 0.5) is 5.82 Å². The number of hydrogen-bond acceptors (Lipinski definition) is 5. The van der Waals surface area contributed by atoms with Crippen molar-refractivity contribution in [1.82, 2.24) is 9.71 Å². The highest BCUT2D eigenvalue weighted by molar-refractivity contribution is 7.89. The van der Waals surface area contributed by atoms with Gasteiger partial charge in [-0.25, -0.2) is 18.1 Å². The monoisotopic (exact) mass is 417 g/mol. The number of sulfonamides is 1. The van der Waals surface area contributed by atoms with Crippen molar-refractivity contribution in [3.8, 4) is 0 Å². The van der Waals surface area contributed by atoms with Crippen molar-refractivity contribution in [3.05, 3.63) is 54.2 Å². The summed E-state index contributed by atoms with van der Waals surface area (Å²) in [5.74, 6) is 0.350. The fourth-order valence-corrected chi connectivity index (χ4v) is 4.55. The van der Waals surface area contributed by atoms with E-state index < -0.39 is 15.9 Å². The summed E-state index contributed by atoms with van der Waals surface area (Å²) in [7, 11) is -3.53. The third-order valence-electron chi connectivity index (χ3n) is 5.07. The zero-order valence-corrected chi connectivity index (χ0v) is 17.3. The Morgan fingerprint density at radius 2 is 1.90 bits per heavy atom. The molecule has 1 atom stereocenters. The van der Waals surface area contributed by atoms with E-state index in [1.807, 2.05) is 6.07 Å². The van der Waals surface area contributed by atoms with Crippen LogP contribution < -0.4 is 10.0 Å². The summed E-state index contributed by atoms with van der Waals surface area (Å²) >= 11 is 0. The molecule has 29 heavy (non-hydrogen) atoms. The molecule has 1 aliphatic heterocycles. The lowest BCUT2D eigenvalue weighted by molar-refractivity contribution is -0.118. The first-order chi connectivity index (χ1) is 14.0. The molecule has 0 bridgehead atoms. The molecule has 0 radical (unpaired) electrons. The molecule has 7 nitrogen and oxygen atoms in total. The fourth-order valence-electron chi connectivity index (χ4n) is 3.51. The zero-order valence-electron chi connectivity index (χ0n) is 16.5. The first-order valence-electron chi connectivity index (χ1n) is 9.89. The normalized spacial score (nSPS) is 16.3. The van der Waals surface area contributed by atoms with Crippen LogP contribution in [0.5, 0.6) is 0 Å². The highest BCUT2D eigenvalue weighted by Crippen LogP contribution is 2.31. The number of ether oxygens (including phenoxy) is 1. The van der Waals surface area contributed by atoms with Gasteiger partial charge in [-0.05, 0) is 55.0 Å². The molecule has 1 aromatic heterocycles. The highest BCUT2D eigenvalue weighted by atomic mass is 32.2. The predicted octanol–water partition coefficient (Wildman–Crippen LogP) is 2.92. The van der Waals surface area contributed by atoms with Crippen molar-refractivity contribution in [2.75, 3.05) is 25.1 Å². The Bertz CT molecular complexity index is 895. The Labute approximate surface area is 171 Å². The highest BCUT2D eigenvalue weighted by Gasteiger charge is 2.27. The summed E-state index contributed by atoms with van der Waals surface area (Å²) in [6.45, 7) is 3.47. The molecule has 0 saturated carbocycles. The maximum Gasteiger partial charge on any atom is 0.240 e. The van der Waals surface area contributed by atoms with Crippen molar-refractivity contribution in [1.29, 1.82) is 0 Å². The molecule has 1 fully saturated rings. The summed E-state index contributed by atoms with van der Waals surface area (Å²) in [5, 5.41) is 2.88. The van der Waals surface area contributed by atoms with Gasteiger partial charge in [0.15, 0.2) is 0 Å². The van der Waals surface area contributed by atoms with Crippen molar-refractivity contribution >= 4 is 21.7 Å². The van der Waals surface area contributed by atoms with Gasteiger partial charge in [0.2, 0.25) is 15.9 Å². The van der Waals surface area contributed by atoms with Crippen LogP contribution in [0.25, 0.3) is 0 Å². The van der Waals surface area contributed by atoms with Crippen LogP contribution >= 0.6 is 0 Å². The lowest BCUT2D eigenvalue weighted by atomic mass is 9.84. The minimum atomic E-state index is -3.53. The molecular formula is C21H27N3O4S. The van der Waals surface area contributed by atoms with Gasteiger partial charge in [0.05, 0.1) is 10.8 Å². The number of amides is 1. The van der Waals surface area contributed by atoms with Crippen molar-refractivity contribution in [2.45, 2.75) is 37.0 Å². The minimum Gasteiger partial charge on any atom is -0.381 e. The Kier molecular flexibility index (Phi) is 7.35. The van der Waals surface area contributed by atoms with Gasteiger partial charge in [-0.1, -0.05) is 25.1 Å². The number of nitrogens with zero attached hydrogens (tertiary/aromatic N) is 1. The van der Waals surface area contributed by atoms with Gasteiger partial charge in [-0.3, -0.25) is 4.79 Å². The molecule has 1 aliphatic rings. The number of nitrogens with one attached hydrogen (secondary N) is 2. The van der Waals surface area contributed by atoms with Crippen LogP contribution in [-0.4, -0.2) is 39.1 Å². The quantitative estimate of drug-likeness (QED) is 0.688. The summed E-state index contributed by atoms with van der Waals surface area (Å²) < 4.78 is 32.3. The molecule has 156 valence electrons. The van der Waals surface area contributed by atoms with Gasteiger partial charge in [-0.15, -0.1) is 0 Å². The van der Waals surface area contributed by atoms with Crippen LogP contribution in [0.15, 0.2) is 53.6 Å². The molecule has 2 N–H and O–H groups in total. The van der Waals surface area contributed by atoms with Crippen molar-refractivity contribution < 1.29 is 17.9 Å². The van der Waals surface area contributed by atoms with E-state index in [2.05, 4.69) is 15.0 Å². The summed E-state index contributed by atoms with van der Waals surface area (Å²) in [6.07, 6.45) is 4.14. The molecular weight excluding hydrogens is 390 g/mol. The number of hydrogen-bond donors (Lipinski definition) is 2. The third-order valence-corrected chi connectivity index (χ3v) is 6.63. The molecule has 8 heteroatoms. The van der Waals surface area contributed by atoms with Crippen LogP contribution in [0.3, 0.4) is 0 Å². The molecule has 1 amide bonds. The number of carbonyl (C=O) groups is 1. The maximum atomic E-state index is 13.1. The largest absolute Gasteiger partial charge is 0.381 e. The average molecular weight is 418 g/mol. The smallest absolute Gasteiger partial charge is 0.240 e. The van der Waals surface area contributed by atoms with E-state index in [1.165, 1.54) is 0 Å². The summed E-state index contributed by atoms with van der Waals surface area (Å²) in [5.41, 5.74) is 0.792. The lowest BCUT2D eigenvalue weighted by Gasteiger charge is -2.26. The predicted molar refractivity (Wildman–Crippen MR) is 111 cm³/mol. The van der Waals surface area contributed by atoms with E-state index in [0.717, 1.165) is 18.4 Å². The summed E-state index contributed by atoms with van der Waals surface area (Å²) in [6, 6.07) is 11.9. The Balaban J connectivity index is 1.82. The molecule has 1 saturated heterocycles. The van der Waals surface area contributed by atoms with Crippen LogP contribution in [0.1, 0.15) is 37.7 Å². The van der Waals surface area contributed by atoms with Crippen LogP contribution in [0.2, 0.25) is 0 Å². The average Bonchev–Trinajstić information content (AvgIpc) is 2.73. The van der Waals surface area contributed by atoms with Crippen LogP contribution in [0, 0.1) is 5.92 Å². The Morgan fingerprint density at radius 3 is 2.52 bits per heavy atom. The second-order valence-corrected chi connectivity index (χ2v) is 8.89. The molecule has 0 aliphatic carbocycles. The minimum absolute atomic E-state index is 0.141. The first kappa shape index (κ1) is 21.4. The molecule has 2 heterocycles. The van der Waals surface area contributed by atoms with Gasteiger partial charge in [0.25, 0.3) is 0 Å². The van der Waals surface area contributed by atoms with E-state index in [-0.39, 0.29) is 10.8 Å². The number of carbonyl (C=O) groups excluding carboxylic acids is 1. The van der Waals surface area contributed by atoms with Gasteiger partial charge in [0.1, 0.15) is 5.82 Å². The number of benzene rings is 1. The number of anilines is 1. The topological polar surface area (TPSA) is 97.4 Å². The molecule has 1 aromatic carbocycles. The SMILES string of the molecule is CCNS(=O)(=O)c1ccc([C@@H](CC2CCOCC2)C(=O)Nc2ccccn2)cc1. The van der Waals surface area contributed by atoms with Crippen LogP contribution in [-0.2, 0) is 19.6 Å². The second kappa shape index (κ2) is 9.96. The molecule has 0 spiro atoms. The van der Waals surface area contributed by atoms with Gasteiger partial charge >= 0.3 is 0 Å². The van der Waals surface area contributed by atoms with E-state index in [0.29, 0.717) is 37.9 Å². The number of pyridine rings is 1.